The number of carbonyl (C=O) groups is 1. The average molecular weight is 154 g/mol. The summed E-state index contributed by atoms with van der Waals surface area (Å²) in [5.41, 5.74) is 0. The first-order valence-electron chi connectivity index (χ1n) is 3.85. The molecule has 0 aromatic rings. The number of hydrogen-bond donors (Lipinski definition) is 0. The number of rotatable bonds is 3. The lowest BCUT2D eigenvalue weighted by Crippen LogP contribution is -2.34. The van der Waals surface area contributed by atoms with E-state index in [1.807, 2.05) is 19.9 Å². The predicted molar refractivity (Wildman–Crippen MR) is 42.7 cm³/mol. The zero-order valence-electron chi connectivity index (χ0n) is 7.29. The number of hydrogen-bond acceptors (Lipinski definition) is 2. The van der Waals surface area contributed by atoms with Crippen LogP contribution in [0.4, 0.5) is 0 Å². The van der Waals surface area contributed by atoms with E-state index in [2.05, 4.69) is 0 Å². The third-order valence-corrected chi connectivity index (χ3v) is 1.64. The van der Waals surface area contributed by atoms with Crippen molar-refractivity contribution >= 4 is 5.91 Å². The molecule has 0 aromatic heterocycles. The number of nitrogens with zero attached hydrogens (tertiary/aromatic N) is 2. The lowest BCUT2D eigenvalue weighted by molar-refractivity contribution is -0.132. The maximum atomic E-state index is 11.2. The lowest BCUT2D eigenvalue weighted by Gasteiger charge is -2.19. The van der Waals surface area contributed by atoms with Crippen molar-refractivity contribution in [2.24, 2.45) is 5.92 Å². The van der Waals surface area contributed by atoms with Crippen LogP contribution in [0.25, 0.3) is 0 Å². The predicted octanol–water partition coefficient (Wildman–Crippen LogP) is 1.01. The van der Waals surface area contributed by atoms with E-state index >= 15 is 0 Å². The monoisotopic (exact) mass is 154 g/mol. The highest BCUT2D eigenvalue weighted by Gasteiger charge is 2.16. The third-order valence-electron chi connectivity index (χ3n) is 1.64. The Hall–Kier alpha value is -1.04. The molecule has 0 aromatic carbocycles. The number of amides is 1. The minimum absolute atomic E-state index is 0.0718. The molecule has 0 radical (unpaired) electrons. The van der Waals surface area contributed by atoms with E-state index in [-0.39, 0.29) is 5.91 Å². The molecule has 3 nitrogen and oxygen atoms in total. The van der Waals surface area contributed by atoms with Gasteiger partial charge < -0.3 is 4.90 Å². The van der Waals surface area contributed by atoms with Gasteiger partial charge in [0, 0.05) is 13.1 Å². The summed E-state index contributed by atoms with van der Waals surface area (Å²) in [4.78, 5) is 12.9. The highest BCUT2D eigenvalue weighted by atomic mass is 16.2. The lowest BCUT2D eigenvalue weighted by atomic mass is 10.2. The highest BCUT2D eigenvalue weighted by molar-refractivity contribution is 5.80. The van der Waals surface area contributed by atoms with Crippen LogP contribution >= 0.6 is 0 Å². The molecule has 1 unspecified atom stereocenters. The summed E-state index contributed by atoms with van der Waals surface area (Å²) in [7, 11) is 0. The largest absolute Gasteiger partial charge is 0.342 e. The molecule has 0 saturated carbocycles. The SMILES string of the molecule is CCN(CC)C(=O)C(C)C#N. The molecule has 1 atom stereocenters. The van der Waals surface area contributed by atoms with Gasteiger partial charge in [-0.25, -0.2) is 0 Å². The summed E-state index contributed by atoms with van der Waals surface area (Å²) in [5, 5.41) is 8.45. The van der Waals surface area contributed by atoms with Gasteiger partial charge in [-0.15, -0.1) is 0 Å². The van der Waals surface area contributed by atoms with Gasteiger partial charge in [0.1, 0.15) is 5.92 Å². The molecule has 3 heteroatoms. The van der Waals surface area contributed by atoms with Crippen molar-refractivity contribution in [3.63, 3.8) is 0 Å². The van der Waals surface area contributed by atoms with Gasteiger partial charge in [0.25, 0.3) is 0 Å². The quantitative estimate of drug-likeness (QED) is 0.609. The van der Waals surface area contributed by atoms with E-state index in [0.717, 1.165) is 0 Å². The van der Waals surface area contributed by atoms with E-state index in [4.69, 9.17) is 5.26 Å². The molecule has 0 N–H and O–H groups in total. The Labute approximate surface area is 67.6 Å². The molecule has 0 aliphatic heterocycles. The molecule has 1 amide bonds. The fourth-order valence-corrected chi connectivity index (χ4v) is 0.864. The standard InChI is InChI=1S/C8H14N2O/c1-4-10(5-2)8(11)7(3)6-9/h7H,4-5H2,1-3H3. The average Bonchev–Trinajstić information content (AvgIpc) is 2.05. The van der Waals surface area contributed by atoms with Gasteiger partial charge in [0.05, 0.1) is 6.07 Å². The van der Waals surface area contributed by atoms with Crippen molar-refractivity contribution in [3.8, 4) is 6.07 Å². The minimum Gasteiger partial charge on any atom is -0.342 e. The first-order chi connectivity index (χ1) is 5.17. The Kier molecular flexibility index (Phi) is 4.28. The smallest absolute Gasteiger partial charge is 0.239 e. The normalized spacial score (nSPS) is 11.8. The van der Waals surface area contributed by atoms with Crippen LogP contribution in [0.2, 0.25) is 0 Å². The Morgan fingerprint density at radius 1 is 1.55 bits per heavy atom. The second kappa shape index (κ2) is 4.73. The summed E-state index contributed by atoms with van der Waals surface area (Å²) in [6.45, 7) is 6.81. The van der Waals surface area contributed by atoms with E-state index in [0.29, 0.717) is 13.1 Å². The second-order valence-electron chi connectivity index (χ2n) is 2.36. The van der Waals surface area contributed by atoms with E-state index in [1.165, 1.54) is 0 Å². The number of carbonyl (C=O) groups excluding carboxylic acids is 1. The van der Waals surface area contributed by atoms with Crippen molar-refractivity contribution in [2.45, 2.75) is 20.8 Å². The molecule has 0 spiro atoms. The van der Waals surface area contributed by atoms with Crippen LogP contribution in [0.5, 0.6) is 0 Å². The van der Waals surface area contributed by atoms with E-state index < -0.39 is 5.92 Å². The van der Waals surface area contributed by atoms with Crippen molar-refractivity contribution in [2.75, 3.05) is 13.1 Å². The van der Waals surface area contributed by atoms with Crippen LogP contribution in [0, 0.1) is 17.2 Å². The van der Waals surface area contributed by atoms with Crippen LogP contribution in [-0.2, 0) is 4.79 Å². The Morgan fingerprint density at radius 2 is 2.00 bits per heavy atom. The summed E-state index contributed by atoms with van der Waals surface area (Å²) < 4.78 is 0. The summed E-state index contributed by atoms with van der Waals surface area (Å²) in [6.07, 6.45) is 0. The Morgan fingerprint density at radius 3 is 2.27 bits per heavy atom. The molecular formula is C8H14N2O. The van der Waals surface area contributed by atoms with E-state index in [9.17, 15) is 4.79 Å². The molecule has 0 bridgehead atoms. The summed E-state index contributed by atoms with van der Waals surface area (Å²) in [5.74, 6) is -0.576. The molecule has 0 fully saturated rings. The van der Waals surface area contributed by atoms with Crippen molar-refractivity contribution < 1.29 is 4.79 Å². The van der Waals surface area contributed by atoms with Crippen LogP contribution in [0.15, 0.2) is 0 Å². The maximum Gasteiger partial charge on any atom is 0.239 e. The molecule has 62 valence electrons. The second-order valence-corrected chi connectivity index (χ2v) is 2.36. The van der Waals surface area contributed by atoms with Crippen LogP contribution in [0.1, 0.15) is 20.8 Å². The molecule has 0 heterocycles. The fraction of sp³-hybridized carbons (Fsp3) is 0.750. The zero-order chi connectivity index (χ0) is 8.85. The molecule has 0 rings (SSSR count). The van der Waals surface area contributed by atoms with Gasteiger partial charge in [-0.2, -0.15) is 5.26 Å². The van der Waals surface area contributed by atoms with Gasteiger partial charge in [0.15, 0.2) is 0 Å². The molecule has 11 heavy (non-hydrogen) atoms. The zero-order valence-corrected chi connectivity index (χ0v) is 7.29. The molecule has 0 aliphatic carbocycles. The van der Waals surface area contributed by atoms with Crippen molar-refractivity contribution in [3.05, 3.63) is 0 Å². The van der Waals surface area contributed by atoms with Crippen LogP contribution < -0.4 is 0 Å². The van der Waals surface area contributed by atoms with Gasteiger partial charge in [0.2, 0.25) is 5.91 Å². The molecular weight excluding hydrogens is 140 g/mol. The Balaban J connectivity index is 4.11. The maximum absolute atomic E-state index is 11.2. The fourth-order valence-electron chi connectivity index (χ4n) is 0.864. The number of nitriles is 1. The van der Waals surface area contributed by atoms with Crippen LogP contribution in [0.3, 0.4) is 0 Å². The minimum atomic E-state index is -0.505. The highest BCUT2D eigenvalue weighted by Crippen LogP contribution is 1.99. The van der Waals surface area contributed by atoms with Crippen LogP contribution in [-0.4, -0.2) is 23.9 Å². The summed E-state index contributed by atoms with van der Waals surface area (Å²) in [6, 6.07) is 1.92. The molecule has 0 aliphatic rings. The first-order valence-corrected chi connectivity index (χ1v) is 3.85. The van der Waals surface area contributed by atoms with Gasteiger partial charge in [-0.1, -0.05) is 0 Å². The van der Waals surface area contributed by atoms with E-state index in [1.54, 1.807) is 11.8 Å². The van der Waals surface area contributed by atoms with Gasteiger partial charge in [-0.05, 0) is 20.8 Å². The first kappa shape index (κ1) is 9.96. The van der Waals surface area contributed by atoms with Gasteiger partial charge >= 0.3 is 0 Å². The third kappa shape index (κ3) is 2.58. The topological polar surface area (TPSA) is 44.1 Å². The van der Waals surface area contributed by atoms with Gasteiger partial charge in [-0.3, -0.25) is 4.79 Å². The van der Waals surface area contributed by atoms with Crippen molar-refractivity contribution in [1.82, 2.24) is 4.90 Å². The molecule has 0 saturated heterocycles. The van der Waals surface area contributed by atoms with Crippen molar-refractivity contribution in [1.29, 1.82) is 5.26 Å². The summed E-state index contributed by atoms with van der Waals surface area (Å²) >= 11 is 0. The Bertz CT molecular complexity index is 167.